The molecule has 0 aromatic carbocycles. The van der Waals surface area contributed by atoms with E-state index in [9.17, 15) is 9.90 Å². The number of nitrogens with one attached hydrogen (secondary N) is 1. The zero-order chi connectivity index (χ0) is 11.3. The summed E-state index contributed by atoms with van der Waals surface area (Å²) in [5.74, 6) is 0.701. The van der Waals surface area contributed by atoms with Crippen LogP contribution in [-0.2, 0) is 4.79 Å². The molecule has 3 heteroatoms. The summed E-state index contributed by atoms with van der Waals surface area (Å²) in [4.78, 5) is 11.7. The second-order valence-electron chi connectivity index (χ2n) is 4.69. The third-order valence-electron chi connectivity index (χ3n) is 3.76. The largest absolute Gasteiger partial charge is 0.394 e. The molecular weight excluding hydrogens is 190 g/mol. The van der Waals surface area contributed by atoms with Gasteiger partial charge in [0.1, 0.15) is 0 Å². The Balaban J connectivity index is 2.38. The zero-order valence-corrected chi connectivity index (χ0v) is 9.88. The molecule has 1 fully saturated rings. The van der Waals surface area contributed by atoms with Crippen LogP contribution in [0.2, 0.25) is 0 Å². The Morgan fingerprint density at radius 1 is 1.40 bits per heavy atom. The van der Waals surface area contributed by atoms with E-state index in [1.807, 2.05) is 13.8 Å². The van der Waals surface area contributed by atoms with Crippen molar-refractivity contribution in [2.75, 3.05) is 6.61 Å². The summed E-state index contributed by atoms with van der Waals surface area (Å²) < 4.78 is 0. The summed E-state index contributed by atoms with van der Waals surface area (Å²) in [7, 11) is 0. The smallest absolute Gasteiger partial charge is 0.220 e. The minimum atomic E-state index is -0.388. The second-order valence-corrected chi connectivity index (χ2v) is 4.69. The predicted octanol–water partition coefficient (Wildman–Crippen LogP) is 1.84. The van der Waals surface area contributed by atoms with E-state index in [1.165, 1.54) is 19.3 Å². The second kappa shape index (κ2) is 5.50. The van der Waals surface area contributed by atoms with E-state index < -0.39 is 0 Å². The first kappa shape index (κ1) is 12.5. The van der Waals surface area contributed by atoms with E-state index in [2.05, 4.69) is 5.32 Å². The van der Waals surface area contributed by atoms with Crippen LogP contribution in [0.5, 0.6) is 0 Å². The lowest BCUT2D eigenvalue weighted by molar-refractivity contribution is -0.125. The van der Waals surface area contributed by atoms with Gasteiger partial charge in [0.2, 0.25) is 5.91 Å². The van der Waals surface area contributed by atoms with E-state index in [1.54, 1.807) is 0 Å². The first-order chi connectivity index (χ1) is 7.15. The fourth-order valence-corrected chi connectivity index (χ4v) is 2.00. The summed E-state index contributed by atoms with van der Waals surface area (Å²) in [6.45, 7) is 4.04. The SMILES string of the molecule is CCC(CC)(CO)NC(=O)CC1CCC1. The van der Waals surface area contributed by atoms with Gasteiger partial charge >= 0.3 is 0 Å². The number of carbonyl (C=O) groups excluding carboxylic acids is 1. The standard InChI is InChI=1S/C12H23NO2/c1-3-12(4-2,9-14)13-11(15)8-10-6-5-7-10/h10,14H,3-9H2,1-2H3,(H,13,15). The molecule has 1 amide bonds. The lowest BCUT2D eigenvalue weighted by atomic mass is 9.82. The topological polar surface area (TPSA) is 49.3 Å². The Morgan fingerprint density at radius 2 is 2.00 bits per heavy atom. The normalized spacial score (nSPS) is 17.3. The number of rotatable bonds is 6. The molecule has 1 saturated carbocycles. The minimum absolute atomic E-state index is 0.0381. The molecule has 1 aliphatic carbocycles. The predicted molar refractivity (Wildman–Crippen MR) is 60.5 cm³/mol. The van der Waals surface area contributed by atoms with Gasteiger partial charge < -0.3 is 10.4 Å². The number of amides is 1. The first-order valence-electron chi connectivity index (χ1n) is 6.07. The molecule has 0 saturated heterocycles. The van der Waals surface area contributed by atoms with Gasteiger partial charge in [0, 0.05) is 6.42 Å². The van der Waals surface area contributed by atoms with Crippen molar-refractivity contribution in [3.8, 4) is 0 Å². The van der Waals surface area contributed by atoms with Crippen molar-refractivity contribution in [1.82, 2.24) is 5.32 Å². The van der Waals surface area contributed by atoms with Crippen LogP contribution in [0.1, 0.15) is 52.4 Å². The monoisotopic (exact) mass is 213 g/mol. The molecule has 88 valence electrons. The van der Waals surface area contributed by atoms with Crippen LogP contribution >= 0.6 is 0 Å². The summed E-state index contributed by atoms with van der Waals surface area (Å²) >= 11 is 0. The van der Waals surface area contributed by atoms with Gasteiger partial charge in [-0.2, -0.15) is 0 Å². The van der Waals surface area contributed by atoms with Gasteiger partial charge in [-0.1, -0.05) is 20.3 Å². The zero-order valence-electron chi connectivity index (χ0n) is 9.88. The Morgan fingerprint density at radius 3 is 2.33 bits per heavy atom. The number of hydrogen-bond donors (Lipinski definition) is 2. The van der Waals surface area contributed by atoms with E-state index in [-0.39, 0.29) is 18.1 Å². The molecule has 1 aliphatic rings. The highest BCUT2D eigenvalue weighted by atomic mass is 16.3. The van der Waals surface area contributed by atoms with Crippen molar-refractivity contribution in [1.29, 1.82) is 0 Å². The highest BCUT2D eigenvalue weighted by Crippen LogP contribution is 2.29. The molecule has 1 rings (SSSR count). The summed E-state index contributed by atoms with van der Waals surface area (Å²) in [6.07, 6.45) is 5.87. The van der Waals surface area contributed by atoms with Crippen molar-refractivity contribution in [3.05, 3.63) is 0 Å². The average molecular weight is 213 g/mol. The van der Waals surface area contributed by atoms with Crippen molar-refractivity contribution in [2.24, 2.45) is 5.92 Å². The highest BCUT2D eigenvalue weighted by molar-refractivity contribution is 5.77. The van der Waals surface area contributed by atoms with Gasteiger partial charge in [-0.15, -0.1) is 0 Å². The molecule has 2 N–H and O–H groups in total. The number of hydrogen-bond acceptors (Lipinski definition) is 2. The van der Waals surface area contributed by atoms with Crippen LogP contribution in [0.15, 0.2) is 0 Å². The molecule has 0 spiro atoms. The Kier molecular flexibility index (Phi) is 4.58. The van der Waals surface area contributed by atoms with Crippen molar-refractivity contribution in [2.45, 2.75) is 57.9 Å². The van der Waals surface area contributed by atoms with Crippen LogP contribution in [0, 0.1) is 5.92 Å². The Hall–Kier alpha value is -0.570. The van der Waals surface area contributed by atoms with Gasteiger partial charge in [-0.25, -0.2) is 0 Å². The summed E-state index contributed by atoms with van der Waals surface area (Å²) in [5.41, 5.74) is -0.388. The number of aliphatic hydroxyl groups excluding tert-OH is 1. The van der Waals surface area contributed by atoms with Crippen LogP contribution in [0.25, 0.3) is 0 Å². The maximum atomic E-state index is 11.7. The maximum absolute atomic E-state index is 11.7. The van der Waals surface area contributed by atoms with Crippen molar-refractivity contribution in [3.63, 3.8) is 0 Å². The lowest BCUT2D eigenvalue weighted by Crippen LogP contribution is -2.51. The molecule has 0 radical (unpaired) electrons. The third-order valence-corrected chi connectivity index (χ3v) is 3.76. The fraction of sp³-hybridized carbons (Fsp3) is 0.917. The van der Waals surface area contributed by atoms with Crippen LogP contribution in [-0.4, -0.2) is 23.2 Å². The van der Waals surface area contributed by atoms with E-state index >= 15 is 0 Å². The molecule has 0 aliphatic heterocycles. The molecule has 0 atom stereocenters. The van der Waals surface area contributed by atoms with E-state index in [0.717, 1.165) is 12.8 Å². The van der Waals surface area contributed by atoms with Crippen LogP contribution in [0.4, 0.5) is 0 Å². The average Bonchev–Trinajstić information content (AvgIpc) is 2.20. The van der Waals surface area contributed by atoms with Crippen molar-refractivity contribution < 1.29 is 9.90 Å². The van der Waals surface area contributed by atoms with E-state index in [4.69, 9.17) is 0 Å². The van der Waals surface area contributed by atoms with Gasteiger partial charge in [0.15, 0.2) is 0 Å². The van der Waals surface area contributed by atoms with Gasteiger partial charge in [-0.3, -0.25) is 4.79 Å². The quantitative estimate of drug-likeness (QED) is 0.707. The van der Waals surface area contributed by atoms with Crippen LogP contribution in [0.3, 0.4) is 0 Å². The third kappa shape index (κ3) is 3.20. The lowest BCUT2D eigenvalue weighted by Gasteiger charge is -2.32. The van der Waals surface area contributed by atoms with Gasteiger partial charge in [0.25, 0.3) is 0 Å². The van der Waals surface area contributed by atoms with Gasteiger partial charge in [-0.05, 0) is 31.6 Å². The number of carbonyl (C=O) groups is 1. The highest BCUT2D eigenvalue weighted by Gasteiger charge is 2.29. The molecule has 15 heavy (non-hydrogen) atoms. The summed E-state index contributed by atoms with van der Waals surface area (Å²) in [6, 6.07) is 0. The molecule has 3 nitrogen and oxygen atoms in total. The molecule has 0 bridgehead atoms. The van der Waals surface area contributed by atoms with Crippen molar-refractivity contribution >= 4 is 5.91 Å². The maximum Gasteiger partial charge on any atom is 0.220 e. The molecule has 0 aromatic heterocycles. The minimum Gasteiger partial charge on any atom is -0.394 e. The first-order valence-corrected chi connectivity index (χ1v) is 6.07. The molecular formula is C12H23NO2. The Labute approximate surface area is 92.3 Å². The van der Waals surface area contributed by atoms with Crippen LogP contribution < -0.4 is 5.32 Å². The molecule has 0 aromatic rings. The number of aliphatic hydroxyl groups is 1. The van der Waals surface area contributed by atoms with E-state index in [0.29, 0.717) is 12.3 Å². The molecule has 0 unspecified atom stereocenters. The Bertz CT molecular complexity index is 199. The van der Waals surface area contributed by atoms with Gasteiger partial charge in [0.05, 0.1) is 12.1 Å². The fourth-order valence-electron chi connectivity index (χ4n) is 2.00. The molecule has 0 heterocycles. The summed E-state index contributed by atoms with van der Waals surface area (Å²) in [5, 5.41) is 12.3.